The zero-order valence-electron chi connectivity index (χ0n) is 13.2. The van der Waals surface area contributed by atoms with Gasteiger partial charge in [0.15, 0.2) is 0 Å². The summed E-state index contributed by atoms with van der Waals surface area (Å²) in [5, 5.41) is 14.5. The number of nitro groups is 1. The molecule has 0 bridgehead atoms. The molecule has 23 heavy (non-hydrogen) atoms. The van der Waals surface area contributed by atoms with Gasteiger partial charge in [-0.25, -0.2) is 4.39 Å². The second kappa shape index (κ2) is 10.8. The summed E-state index contributed by atoms with van der Waals surface area (Å²) in [6, 6.07) is 3.70. The van der Waals surface area contributed by atoms with E-state index in [1.807, 2.05) is 0 Å². The number of rotatable bonds is 6. The fraction of sp³-hybridized carbons (Fsp3) is 0.600. The molecule has 1 aliphatic rings. The van der Waals surface area contributed by atoms with Crippen LogP contribution in [0.15, 0.2) is 18.2 Å². The molecular weight excluding hydrogens is 344 g/mol. The minimum absolute atomic E-state index is 0. The predicted octanol–water partition coefficient (Wildman–Crippen LogP) is 3.71. The molecule has 8 heteroatoms. The number of piperazine rings is 1. The second-order valence-electron chi connectivity index (χ2n) is 5.40. The van der Waals surface area contributed by atoms with E-state index in [9.17, 15) is 14.5 Å². The third-order valence-corrected chi connectivity index (χ3v) is 3.97. The van der Waals surface area contributed by atoms with E-state index in [4.69, 9.17) is 0 Å². The first-order chi connectivity index (χ1) is 10.1. The Balaban J connectivity index is 0.00000242. The fourth-order valence-corrected chi connectivity index (χ4v) is 2.88. The van der Waals surface area contributed by atoms with Crippen molar-refractivity contribution in [3.8, 4) is 0 Å². The van der Waals surface area contributed by atoms with Gasteiger partial charge < -0.3 is 5.32 Å². The Morgan fingerprint density at radius 2 is 2.00 bits per heavy atom. The smallest absolute Gasteiger partial charge is 0.274 e. The van der Waals surface area contributed by atoms with Crippen molar-refractivity contribution < 1.29 is 9.31 Å². The zero-order chi connectivity index (χ0) is 15.2. The van der Waals surface area contributed by atoms with Crippen molar-refractivity contribution in [2.24, 2.45) is 0 Å². The minimum Gasteiger partial charge on any atom is -0.314 e. The average Bonchev–Trinajstić information content (AvgIpc) is 2.48. The highest BCUT2D eigenvalue weighted by molar-refractivity contribution is 5.85. The number of nitrogens with one attached hydrogen (secondary N) is 1. The van der Waals surface area contributed by atoms with E-state index in [0.29, 0.717) is 5.56 Å². The van der Waals surface area contributed by atoms with Crippen molar-refractivity contribution in [1.29, 1.82) is 0 Å². The van der Waals surface area contributed by atoms with E-state index in [1.54, 1.807) is 0 Å². The molecule has 0 saturated carbocycles. The number of nitrogens with zero attached hydrogens (tertiary/aromatic N) is 2. The average molecular weight is 368 g/mol. The molecule has 1 aromatic rings. The third kappa shape index (κ3) is 5.88. The van der Waals surface area contributed by atoms with Crippen LogP contribution in [0.4, 0.5) is 10.1 Å². The van der Waals surface area contributed by atoms with Crippen molar-refractivity contribution in [3.63, 3.8) is 0 Å². The van der Waals surface area contributed by atoms with E-state index in [1.165, 1.54) is 12.1 Å². The lowest BCUT2D eigenvalue weighted by atomic mass is 9.97. The summed E-state index contributed by atoms with van der Waals surface area (Å²) in [6.45, 7) is 5.50. The van der Waals surface area contributed by atoms with Gasteiger partial charge in [-0.3, -0.25) is 15.0 Å². The Bertz CT molecular complexity index is 500. The summed E-state index contributed by atoms with van der Waals surface area (Å²) < 4.78 is 13.6. The molecule has 5 nitrogen and oxygen atoms in total. The highest BCUT2D eigenvalue weighted by Gasteiger charge is 2.28. The number of nitro benzene ring substituents is 1. The number of hydrogen-bond acceptors (Lipinski definition) is 4. The lowest BCUT2D eigenvalue weighted by Gasteiger charge is -2.35. The van der Waals surface area contributed by atoms with Crippen LogP contribution in [0.3, 0.4) is 0 Å². The lowest BCUT2D eigenvalue weighted by molar-refractivity contribution is -0.386. The lowest BCUT2D eigenvalue weighted by Crippen LogP contribution is -2.45. The van der Waals surface area contributed by atoms with Crippen LogP contribution in [0.2, 0.25) is 0 Å². The maximum Gasteiger partial charge on any atom is 0.274 e. The van der Waals surface area contributed by atoms with Crippen molar-refractivity contribution >= 4 is 30.5 Å². The fourth-order valence-electron chi connectivity index (χ4n) is 2.88. The van der Waals surface area contributed by atoms with Gasteiger partial charge in [-0.15, -0.1) is 24.8 Å². The molecule has 1 N–H and O–H groups in total. The first-order valence-electron chi connectivity index (χ1n) is 7.52. The maximum atomic E-state index is 13.6. The van der Waals surface area contributed by atoms with Gasteiger partial charge >= 0.3 is 0 Å². The van der Waals surface area contributed by atoms with E-state index in [2.05, 4.69) is 17.1 Å². The standard InChI is InChI=1S/C15H22FN3O2.2ClH/c1-2-3-4-14(18-9-7-17-8-10-18)13-11-12(16)5-6-15(13)19(20)21;;/h5-6,11,14,17H,2-4,7-10H2,1H3;2*1H/t14-;;/m0../s1. The summed E-state index contributed by atoms with van der Waals surface area (Å²) in [5.74, 6) is -0.410. The monoisotopic (exact) mass is 367 g/mol. The van der Waals surface area contributed by atoms with Gasteiger partial charge in [0.05, 0.1) is 4.92 Å². The van der Waals surface area contributed by atoms with Crippen LogP contribution in [0.5, 0.6) is 0 Å². The maximum absolute atomic E-state index is 13.6. The summed E-state index contributed by atoms with van der Waals surface area (Å²) >= 11 is 0. The van der Waals surface area contributed by atoms with Gasteiger partial charge in [-0.1, -0.05) is 19.8 Å². The summed E-state index contributed by atoms with van der Waals surface area (Å²) in [4.78, 5) is 13.1. The number of unbranched alkanes of at least 4 members (excludes halogenated alkanes) is 1. The van der Waals surface area contributed by atoms with Crippen LogP contribution < -0.4 is 5.32 Å². The largest absolute Gasteiger partial charge is 0.314 e. The molecule has 0 unspecified atom stereocenters. The summed E-state index contributed by atoms with van der Waals surface area (Å²) in [7, 11) is 0. The molecule has 1 atom stereocenters. The second-order valence-corrected chi connectivity index (χ2v) is 5.40. The van der Waals surface area contributed by atoms with Gasteiger partial charge in [-0.2, -0.15) is 0 Å². The summed E-state index contributed by atoms with van der Waals surface area (Å²) in [6.07, 6.45) is 2.81. The molecule has 1 saturated heterocycles. The number of halogens is 3. The molecule has 2 rings (SSSR count). The SMILES string of the molecule is CCCC[C@@H](c1cc(F)ccc1[N+](=O)[O-])N1CCNCC1.Cl.Cl. The Labute approximate surface area is 148 Å². The number of benzene rings is 1. The normalized spacial score (nSPS) is 16.1. The van der Waals surface area contributed by atoms with Crippen LogP contribution in [-0.2, 0) is 0 Å². The molecule has 0 spiro atoms. The Kier molecular flexibility index (Phi) is 10.3. The molecular formula is C15H24Cl2FN3O2. The van der Waals surface area contributed by atoms with Gasteiger partial charge in [0.1, 0.15) is 5.82 Å². The van der Waals surface area contributed by atoms with Gasteiger partial charge in [0.2, 0.25) is 0 Å². The molecule has 0 aliphatic carbocycles. The third-order valence-electron chi connectivity index (χ3n) is 3.97. The minimum atomic E-state index is -0.410. The van der Waals surface area contributed by atoms with Crippen molar-refractivity contribution in [1.82, 2.24) is 10.2 Å². The van der Waals surface area contributed by atoms with Crippen molar-refractivity contribution in [2.75, 3.05) is 26.2 Å². The van der Waals surface area contributed by atoms with Crippen LogP contribution in [-0.4, -0.2) is 36.0 Å². The van der Waals surface area contributed by atoms with Crippen molar-refractivity contribution in [2.45, 2.75) is 32.2 Å². The number of hydrogen-bond donors (Lipinski definition) is 1. The van der Waals surface area contributed by atoms with E-state index < -0.39 is 10.7 Å². The molecule has 1 heterocycles. The van der Waals surface area contributed by atoms with Crippen LogP contribution in [0, 0.1) is 15.9 Å². The molecule has 0 amide bonds. The Morgan fingerprint density at radius 3 is 2.57 bits per heavy atom. The topological polar surface area (TPSA) is 58.4 Å². The summed E-state index contributed by atoms with van der Waals surface area (Å²) in [5.41, 5.74) is 0.534. The zero-order valence-corrected chi connectivity index (χ0v) is 14.8. The Hall–Kier alpha value is -0.950. The highest BCUT2D eigenvalue weighted by atomic mass is 35.5. The van der Waals surface area contributed by atoms with Gasteiger partial charge in [0.25, 0.3) is 5.69 Å². The van der Waals surface area contributed by atoms with E-state index in [-0.39, 0.29) is 36.5 Å². The van der Waals surface area contributed by atoms with Crippen LogP contribution in [0.1, 0.15) is 37.8 Å². The van der Waals surface area contributed by atoms with E-state index in [0.717, 1.165) is 51.5 Å². The molecule has 0 aromatic heterocycles. The highest BCUT2D eigenvalue weighted by Crippen LogP contribution is 2.33. The van der Waals surface area contributed by atoms with Crippen LogP contribution >= 0.6 is 24.8 Å². The quantitative estimate of drug-likeness (QED) is 0.614. The van der Waals surface area contributed by atoms with Crippen molar-refractivity contribution in [3.05, 3.63) is 39.7 Å². The molecule has 1 aromatic carbocycles. The molecule has 0 radical (unpaired) electrons. The first-order valence-corrected chi connectivity index (χ1v) is 7.52. The van der Waals surface area contributed by atoms with Crippen LogP contribution in [0.25, 0.3) is 0 Å². The Morgan fingerprint density at radius 1 is 1.35 bits per heavy atom. The van der Waals surface area contributed by atoms with Gasteiger partial charge in [0, 0.05) is 43.9 Å². The van der Waals surface area contributed by atoms with E-state index >= 15 is 0 Å². The van der Waals surface area contributed by atoms with Gasteiger partial charge in [-0.05, 0) is 18.6 Å². The first kappa shape index (κ1) is 22.1. The molecule has 1 fully saturated rings. The molecule has 132 valence electrons. The molecule has 1 aliphatic heterocycles. The predicted molar refractivity (Wildman–Crippen MR) is 94.3 cm³/mol.